The van der Waals surface area contributed by atoms with Crippen molar-refractivity contribution in [2.24, 2.45) is 11.7 Å². The number of likely N-dealkylation sites (N-methyl/N-ethyl adjacent to an activating group) is 1. The predicted octanol–water partition coefficient (Wildman–Crippen LogP) is 2.23. The normalized spacial score (nSPS) is 21.5. The van der Waals surface area contributed by atoms with E-state index in [0.717, 1.165) is 12.7 Å². The minimum atomic E-state index is -0.833. The van der Waals surface area contributed by atoms with Crippen LogP contribution in [0, 0.1) is 5.92 Å². The lowest BCUT2D eigenvalue weighted by molar-refractivity contribution is -0.136. The number of ether oxygens (including phenoxy) is 1. The van der Waals surface area contributed by atoms with Gasteiger partial charge in [-0.05, 0) is 42.9 Å². The second-order valence-corrected chi connectivity index (χ2v) is 7.59. The molecule has 0 saturated heterocycles. The number of aliphatic hydroxyl groups is 1. The third-order valence-electron chi connectivity index (χ3n) is 4.83. The van der Waals surface area contributed by atoms with Crippen molar-refractivity contribution in [2.75, 3.05) is 20.2 Å². The van der Waals surface area contributed by atoms with Crippen LogP contribution in [0.3, 0.4) is 0 Å². The molecule has 1 aliphatic carbocycles. The van der Waals surface area contributed by atoms with Gasteiger partial charge in [0.2, 0.25) is 5.91 Å². The molecule has 1 aliphatic rings. The van der Waals surface area contributed by atoms with E-state index in [-0.39, 0.29) is 17.9 Å². The zero-order chi connectivity index (χ0) is 21.3. The van der Waals surface area contributed by atoms with E-state index in [0.29, 0.717) is 38.3 Å². The molecule has 1 amide bonds. The minimum Gasteiger partial charge on any atom is -0.492 e. The van der Waals surface area contributed by atoms with Crippen LogP contribution >= 0.6 is 0 Å². The van der Waals surface area contributed by atoms with Gasteiger partial charge in [0.15, 0.2) is 0 Å². The first-order valence-electron chi connectivity index (χ1n) is 9.72. The highest BCUT2D eigenvalue weighted by atomic mass is 16.5. The molecule has 1 fully saturated rings. The Morgan fingerprint density at radius 2 is 1.82 bits per heavy atom. The molecule has 0 aliphatic heterocycles. The van der Waals surface area contributed by atoms with Crippen molar-refractivity contribution in [1.82, 2.24) is 4.90 Å². The lowest BCUT2D eigenvalue weighted by Crippen LogP contribution is -2.45. The van der Waals surface area contributed by atoms with Crippen LogP contribution in [0.25, 0.3) is 0 Å². The van der Waals surface area contributed by atoms with Gasteiger partial charge >= 0.3 is 0 Å². The first-order valence-corrected chi connectivity index (χ1v) is 9.72. The third kappa shape index (κ3) is 8.27. The zero-order valence-electron chi connectivity index (χ0n) is 17.3. The number of carboxylic acids is 1. The summed E-state index contributed by atoms with van der Waals surface area (Å²) in [5.74, 6) is 0.501. The van der Waals surface area contributed by atoms with E-state index >= 15 is 0 Å². The average Bonchev–Trinajstić information content (AvgIpc) is 2.63. The van der Waals surface area contributed by atoms with Gasteiger partial charge in [0.25, 0.3) is 5.97 Å². The molecule has 0 heterocycles. The molecule has 0 aromatic heterocycles. The summed E-state index contributed by atoms with van der Waals surface area (Å²) in [5.41, 5.74) is 7.15. The smallest absolute Gasteiger partial charge is 0.300 e. The summed E-state index contributed by atoms with van der Waals surface area (Å²) >= 11 is 0. The minimum absolute atomic E-state index is 0.0845. The fourth-order valence-corrected chi connectivity index (χ4v) is 3.09. The van der Waals surface area contributed by atoms with Gasteiger partial charge in [0, 0.05) is 25.9 Å². The van der Waals surface area contributed by atoms with Crippen LogP contribution in [0.4, 0.5) is 0 Å². The summed E-state index contributed by atoms with van der Waals surface area (Å²) in [6.45, 7) is 6.41. The van der Waals surface area contributed by atoms with Crippen molar-refractivity contribution < 1.29 is 24.5 Å². The van der Waals surface area contributed by atoms with Crippen LogP contribution in [-0.4, -0.2) is 59.3 Å². The highest BCUT2D eigenvalue weighted by molar-refractivity contribution is 5.78. The summed E-state index contributed by atoms with van der Waals surface area (Å²) in [5, 5.41) is 17.1. The van der Waals surface area contributed by atoms with Crippen molar-refractivity contribution in [2.45, 2.75) is 58.1 Å². The zero-order valence-corrected chi connectivity index (χ0v) is 17.3. The molecule has 0 radical (unpaired) electrons. The van der Waals surface area contributed by atoms with Crippen molar-refractivity contribution in [1.29, 1.82) is 0 Å². The Kier molecular flexibility index (Phi) is 9.96. The third-order valence-corrected chi connectivity index (χ3v) is 4.83. The molecule has 158 valence electrons. The molecule has 7 nitrogen and oxygen atoms in total. The summed E-state index contributed by atoms with van der Waals surface area (Å²) in [6, 6.07) is 7.79. The summed E-state index contributed by atoms with van der Waals surface area (Å²) in [6.07, 6.45) is 1.39. The highest BCUT2D eigenvalue weighted by Gasteiger charge is 2.32. The Labute approximate surface area is 167 Å². The Morgan fingerprint density at radius 3 is 2.32 bits per heavy atom. The van der Waals surface area contributed by atoms with Crippen LogP contribution in [0.1, 0.15) is 51.5 Å². The molecule has 7 heteroatoms. The molecule has 4 N–H and O–H groups in total. The summed E-state index contributed by atoms with van der Waals surface area (Å²) in [4.78, 5) is 23.2. The van der Waals surface area contributed by atoms with Crippen LogP contribution in [0.2, 0.25) is 0 Å². The fourth-order valence-electron chi connectivity index (χ4n) is 3.09. The van der Waals surface area contributed by atoms with E-state index in [1.54, 1.807) is 11.9 Å². The number of nitrogens with two attached hydrogens (primary N) is 1. The number of carbonyl (C=O) groups is 2. The van der Waals surface area contributed by atoms with Gasteiger partial charge in [-0.1, -0.05) is 26.0 Å². The lowest BCUT2D eigenvalue weighted by atomic mass is 9.83. The molecular weight excluding hydrogens is 360 g/mol. The first kappa shape index (κ1) is 23.9. The number of carbonyl (C=O) groups excluding carboxylic acids is 1. The lowest BCUT2D eigenvalue weighted by Gasteiger charge is -2.32. The van der Waals surface area contributed by atoms with Crippen LogP contribution in [0.15, 0.2) is 24.3 Å². The van der Waals surface area contributed by atoms with Crippen molar-refractivity contribution in [3.8, 4) is 5.75 Å². The van der Waals surface area contributed by atoms with Crippen LogP contribution in [-0.2, 0) is 9.59 Å². The number of amides is 1. The van der Waals surface area contributed by atoms with E-state index < -0.39 is 12.1 Å². The van der Waals surface area contributed by atoms with E-state index in [2.05, 4.69) is 26.0 Å². The second kappa shape index (κ2) is 11.7. The van der Waals surface area contributed by atoms with Gasteiger partial charge in [0.05, 0.1) is 12.6 Å². The Morgan fingerprint density at radius 1 is 1.25 bits per heavy atom. The van der Waals surface area contributed by atoms with E-state index in [1.807, 2.05) is 12.1 Å². The SMILES string of the molecule is CC(=O)O.CC(C)c1ccc(OCCN(C)C(=O)[C@H]2CC[C@@H](O)[C@H](N)C2)cc1. The summed E-state index contributed by atoms with van der Waals surface area (Å²) in [7, 11) is 1.80. The Bertz CT molecular complexity index is 614. The van der Waals surface area contributed by atoms with Gasteiger partial charge in [-0.15, -0.1) is 0 Å². The molecule has 1 saturated carbocycles. The standard InChI is InChI=1S/C19H30N2O3.C2H4O2/c1-13(2)14-4-7-16(8-5-14)24-11-10-21(3)19(23)15-6-9-18(22)17(20)12-15;1-2(3)4/h4-5,7-8,13,15,17-18,22H,6,9-12,20H2,1-3H3;1H3,(H,3,4)/t15-,17+,18+;/m0./s1. The molecule has 1 aromatic carbocycles. The molecule has 0 spiro atoms. The maximum absolute atomic E-state index is 12.4. The van der Waals surface area contributed by atoms with Crippen molar-refractivity contribution >= 4 is 11.9 Å². The number of nitrogens with zero attached hydrogens (tertiary/aromatic N) is 1. The van der Waals surface area contributed by atoms with E-state index in [4.69, 9.17) is 20.4 Å². The molecule has 0 bridgehead atoms. The maximum atomic E-state index is 12.4. The van der Waals surface area contributed by atoms with Crippen molar-refractivity contribution in [3.05, 3.63) is 29.8 Å². The van der Waals surface area contributed by atoms with E-state index in [1.165, 1.54) is 5.56 Å². The predicted molar refractivity (Wildman–Crippen MR) is 108 cm³/mol. The number of rotatable bonds is 6. The highest BCUT2D eigenvalue weighted by Crippen LogP contribution is 2.25. The second-order valence-electron chi connectivity index (χ2n) is 7.59. The number of hydrogen-bond acceptors (Lipinski definition) is 5. The van der Waals surface area contributed by atoms with Gasteiger partial charge in [-0.25, -0.2) is 0 Å². The quantitative estimate of drug-likeness (QED) is 0.682. The van der Waals surface area contributed by atoms with Gasteiger partial charge in [-0.2, -0.15) is 0 Å². The van der Waals surface area contributed by atoms with Crippen LogP contribution in [0.5, 0.6) is 5.75 Å². The maximum Gasteiger partial charge on any atom is 0.300 e. The van der Waals surface area contributed by atoms with Crippen LogP contribution < -0.4 is 10.5 Å². The van der Waals surface area contributed by atoms with Gasteiger partial charge in [-0.3, -0.25) is 9.59 Å². The molecular formula is C21H34N2O5. The molecule has 0 unspecified atom stereocenters. The largest absolute Gasteiger partial charge is 0.492 e. The topological polar surface area (TPSA) is 113 Å². The number of benzene rings is 1. The first-order chi connectivity index (χ1) is 13.1. The monoisotopic (exact) mass is 394 g/mol. The van der Waals surface area contributed by atoms with E-state index in [9.17, 15) is 9.90 Å². The Hall–Kier alpha value is -2.12. The number of aliphatic carboxylic acids is 1. The average molecular weight is 395 g/mol. The Balaban J connectivity index is 0.000000892. The number of aliphatic hydroxyl groups excluding tert-OH is 1. The molecule has 3 atom stereocenters. The molecule has 2 rings (SSSR count). The van der Waals surface area contributed by atoms with Gasteiger partial charge < -0.3 is 25.6 Å². The van der Waals surface area contributed by atoms with Gasteiger partial charge in [0.1, 0.15) is 12.4 Å². The molecule has 28 heavy (non-hydrogen) atoms. The number of carboxylic acid groups (broad SMARTS) is 1. The fraction of sp³-hybridized carbons (Fsp3) is 0.619. The summed E-state index contributed by atoms with van der Waals surface area (Å²) < 4.78 is 5.73. The van der Waals surface area contributed by atoms with Crippen molar-refractivity contribution in [3.63, 3.8) is 0 Å². The molecule has 1 aromatic rings. The number of hydrogen-bond donors (Lipinski definition) is 3.